The summed E-state index contributed by atoms with van der Waals surface area (Å²) in [4.78, 5) is 24.4. The van der Waals surface area contributed by atoms with Gasteiger partial charge >= 0.3 is 5.97 Å². The molecule has 1 amide bonds. The van der Waals surface area contributed by atoms with E-state index in [1.54, 1.807) is 31.2 Å². The number of esters is 1. The van der Waals surface area contributed by atoms with Gasteiger partial charge in [-0.25, -0.2) is 4.79 Å². The van der Waals surface area contributed by atoms with Crippen LogP contribution in [0, 0.1) is 0 Å². The molecule has 3 rings (SSSR count). The van der Waals surface area contributed by atoms with E-state index in [0.29, 0.717) is 12.4 Å². The minimum absolute atomic E-state index is 0.221. The van der Waals surface area contributed by atoms with E-state index in [-0.39, 0.29) is 24.1 Å². The normalized spacial score (nSPS) is 14.1. The predicted octanol–water partition coefficient (Wildman–Crippen LogP) is 2.97. The van der Waals surface area contributed by atoms with E-state index >= 15 is 0 Å². The molecule has 0 bridgehead atoms. The Morgan fingerprint density at radius 1 is 1.00 bits per heavy atom. The Labute approximate surface area is 158 Å². The van der Waals surface area contributed by atoms with Crippen molar-refractivity contribution in [3.05, 3.63) is 60.2 Å². The highest BCUT2D eigenvalue weighted by Gasteiger charge is 2.27. The van der Waals surface area contributed by atoms with E-state index in [9.17, 15) is 9.59 Å². The number of ether oxygens (including phenoxy) is 3. The van der Waals surface area contributed by atoms with Crippen LogP contribution in [0.1, 0.15) is 30.1 Å². The van der Waals surface area contributed by atoms with Gasteiger partial charge in [0.05, 0.1) is 0 Å². The van der Waals surface area contributed by atoms with Crippen LogP contribution in [-0.4, -0.2) is 37.2 Å². The topological polar surface area (TPSA) is 73.9 Å². The minimum Gasteiger partial charge on any atom is -0.490 e. The van der Waals surface area contributed by atoms with Crippen LogP contribution in [0.5, 0.6) is 11.5 Å². The van der Waals surface area contributed by atoms with Crippen molar-refractivity contribution in [1.82, 2.24) is 5.32 Å². The summed E-state index contributed by atoms with van der Waals surface area (Å²) in [5, 5.41) is 2.82. The van der Waals surface area contributed by atoms with E-state index in [2.05, 4.69) is 5.32 Å². The van der Waals surface area contributed by atoms with Crippen molar-refractivity contribution in [2.75, 3.05) is 13.2 Å². The lowest BCUT2D eigenvalue weighted by Gasteiger charge is -2.15. The van der Waals surface area contributed by atoms with Crippen LogP contribution in [0.25, 0.3) is 0 Å². The van der Waals surface area contributed by atoms with Gasteiger partial charge in [0.25, 0.3) is 5.91 Å². The molecule has 1 N–H and O–H groups in total. The second-order valence-electron chi connectivity index (χ2n) is 6.34. The molecule has 1 aliphatic rings. The fourth-order valence-corrected chi connectivity index (χ4v) is 2.41. The quantitative estimate of drug-likeness (QED) is 0.543. The molecule has 2 aromatic rings. The van der Waals surface area contributed by atoms with Gasteiger partial charge in [-0.05, 0) is 44.0 Å². The fraction of sp³-hybridized carbons (Fsp3) is 0.333. The molecule has 142 valence electrons. The van der Waals surface area contributed by atoms with Crippen LogP contribution in [0.2, 0.25) is 0 Å². The van der Waals surface area contributed by atoms with Crippen molar-refractivity contribution < 1.29 is 23.8 Å². The summed E-state index contributed by atoms with van der Waals surface area (Å²) < 4.78 is 16.5. The summed E-state index contributed by atoms with van der Waals surface area (Å²) in [6.07, 6.45) is 1.11. The number of benzene rings is 2. The summed E-state index contributed by atoms with van der Waals surface area (Å²) in [5.74, 6) is 0.284. The highest BCUT2D eigenvalue weighted by atomic mass is 16.6. The van der Waals surface area contributed by atoms with Crippen molar-refractivity contribution in [3.8, 4) is 11.5 Å². The first-order valence-corrected chi connectivity index (χ1v) is 9.04. The Morgan fingerprint density at radius 3 is 2.41 bits per heavy atom. The Bertz CT molecular complexity index is 773. The standard InChI is InChI=1S/C21H23NO5/c1-15(20(23)22-16-11-12-16)27-21(24)18-9-5-6-10-19(18)26-14-13-25-17-7-3-2-4-8-17/h2-10,15-16H,11-14H2,1H3,(H,22,23)/t15-/m0/s1. The maximum absolute atomic E-state index is 12.4. The van der Waals surface area contributed by atoms with Crippen LogP contribution >= 0.6 is 0 Å². The molecule has 1 aliphatic carbocycles. The lowest BCUT2D eigenvalue weighted by Crippen LogP contribution is -2.37. The molecular formula is C21H23NO5. The van der Waals surface area contributed by atoms with Crippen molar-refractivity contribution >= 4 is 11.9 Å². The fourth-order valence-electron chi connectivity index (χ4n) is 2.41. The maximum Gasteiger partial charge on any atom is 0.342 e. The lowest BCUT2D eigenvalue weighted by molar-refractivity contribution is -0.129. The van der Waals surface area contributed by atoms with Crippen LogP contribution in [0.3, 0.4) is 0 Å². The summed E-state index contributed by atoms with van der Waals surface area (Å²) in [5.41, 5.74) is 0.281. The zero-order valence-corrected chi connectivity index (χ0v) is 15.2. The van der Waals surface area contributed by atoms with Crippen molar-refractivity contribution in [3.63, 3.8) is 0 Å². The predicted molar refractivity (Wildman–Crippen MR) is 99.9 cm³/mol. The minimum atomic E-state index is -0.854. The molecule has 1 saturated carbocycles. The smallest absolute Gasteiger partial charge is 0.342 e. The number of nitrogens with one attached hydrogen (secondary N) is 1. The number of amides is 1. The van der Waals surface area contributed by atoms with Gasteiger partial charge in [0.1, 0.15) is 30.3 Å². The van der Waals surface area contributed by atoms with Gasteiger partial charge in [0.2, 0.25) is 0 Å². The SMILES string of the molecule is C[C@H](OC(=O)c1ccccc1OCCOc1ccccc1)C(=O)NC1CC1. The molecule has 0 aromatic heterocycles. The molecule has 0 heterocycles. The van der Waals surface area contributed by atoms with E-state index in [1.807, 2.05) is 30.3 Å². The van der Waals surface area contributed by atoms with Gasteiger partial charge in [-0.3, -0.25) is 4.79 Å². The second-order valence-corrected chi connectivity index (χ2v) is 6.34. The third-order valence-electron chi connectivity index (χ3n) is 4.04. The number of para-hydroxylation sites is 2. The van der Waals surface area contributed by atoms with Crippen LogP contribution in [0.4, 0.5) is 0 Å². The average molecular weight is 369 g/mol. The third-order valence-corrected chi connectivity index (χ3v) is 4.04. The lowest BCUT2D eigenvalue weighted by atomic mass is 10.2. The van der Waals surface area contributed by atoms with E-state index in [4.69, 9.17) is 14.2 Å². The van der Waals surface area contributed by atoms with Crippen LogP contribution < -0.4 is 14.8 Å². The molecular weight excluding hydrogens is 346 g/mol. The Hall–Kier alpha value is -3.02. The van der Waals surface area contributed by atoms with E-state index in [1.165, 1.54) is 0 Å². The van der Waals surface area contributed by atoms with Crippen molar-refractivity contribution in [2.24, 2.45) is 0 Å². The maximum atomic E-state index is 12.4. The molecule has 0 spiro atoms. The number of rotatable bonds is 9. The molecule has 0 saturated heterocycles. The molecule has 27 heavy (non-hydrogen) atoms. The Kier molecular flexibility index (Phi) is 6.30. The third kappa shape index (κ3) is 5.74. The Balaban J connectivity index is 1.51. The summed E-state index contributed by atoms with van der Waals surface area (Å²) in [6, 6.07) is 16.4. The number of carbonyl (C=O) groups excluding carboxylic acids is 2. The molecule has 0 aliphatic heterocycles. The molecule has 6 nitrogen and oxygen atoms in total. The Morgan fingerprint density at radius 2 is 1.67 bits per heavy atom. The van der Waals surface area contributed by atoms with Gasteiger partial charge in [-0.15, -0.1) is 0 Å². The monoisotopic (exact) mass is 369 g/mol. The van der Waals surface area contributed by atoms with Gasteiger partial charge in [0, 0.05) is 6.04 Å². The first-order chi connectivity index (χ1) is 13.1. The summed E-state index contributed by atoms with van der Waals surface area (Å²) >= 11 is 0. The van der Waals surface area contributed by atoms with Gasteiger partial charge < -0.3 is 19.5 Å². The van der Waals surface area contributed by atoms with Crippen molar-refractivity contribution in [1.29, 1.82) is 0 Å². The molecule has 0 unspecified atom stereocenters. The number of hydrogen-bond acceptors (Lipinski definition) is 5. The largest absolute Gasteiger partial charge is 0.490 e. The molecule has 0 radical (unpaired) electrons. The zero-order valence-electron chi connectivity index (χ0n) is 15.2. The molecule has 2 aromatic carbocycles. The van der Waals surface area contributed by atoms with Gasteiger partial charge in [0.15, 0.2) is 6.10 Å². The van der Waals surface area contributed by atoms with Crippen LogP contribution in [-0.2, 0) is 9.53 Å². The highest BCUT2D eigenvalue weighted by Crippen LogP contribution is 2.21. The van der Waals surface area contributed by atoms with Crippen LogP contribution in [0.15, 0.2) is 54.6 Å². The molecule has 6 heteroatoms. The molecule has 1 atom stereocenters. The first kappa shape index (κ1) is 18.8. The summed E-state index contributed by atoms with van der Waals surface area (Å²) in [6.45, 7) is 2.18. The number of carbonyl (C=O) groups is 2. The van der Waals surface area contributed by atoms with Crippen molar-refractivity contribution in [2.45, 2.75) is 31.9 Å². The van der Waals surface area contributed by atoms with Gasteiger partial charge in [-0.2, -0.15) is 0 Å². The zero-order chi connectivity index (χ0) is 19.1. The highest BCUT2D eigenvalue weighted by molar-refractivity contribution is 5.94. The first-order valence-electron chi connectivity index (χ1n) is 9.04. The second kappa shape index (κ2) is 9.07. The average Bonchev–Trinajstić information content (AvgIpc) is 3.50. The summed E-state index contributed by atoms with van der Waals surface area (Å²) in [7, 11) is 0. The van der Waals surface area contributed by atoms with E-state index < -0.39 is 12.1 Å². The van der Waals surface area contributed by atoms with Gasteiger partial charge in [-0.1, -0.05) is 30.3 Å². The van der Waals surface area contributed by atoms with E-state index in [0.717, 1.165) is 18.6 Å². The number of hydrogen-bond donors (Lipinski definition) is 1. The molecule has 1 fully saturated rings.